The van der Waals surface area contributed by atoms with E-state index in [-0.39, 0.29) is 10.8 Å². The minimum Gasteiger partial charge on any atom is -0.315 e. The molecule has 0 aliphatic heterocycles. The van der Waals surface area contributed by atoms with Crippen LogP contribution in [0.15, 0.2) is 18.2 Å². The van der Waals surface area contributed by atoms with Gasteiger partial charge in [0.05, 0.1) is 5.02 Å². The van der Waals surface area contributed by atoms with Crippen LogP contribution in [-0.2, 0) is 6.54 Å². The SMILES string of the molecule is CC(C)CNCC(C)NCc1cccc(F)c1Cl. The fourth-order valence-electron chi connectivity index (χ4n) is 1.63. The lowest BCUT2D eigenvalue weighted by Crippen LogP contribution is -2.37. The molecule has 2 N–H and O–H groups in total. The van der Waals surface area contributed by atoms with Crippen molar-refractivity contribution >= 4 is 11.6 Å². The fraction of sp³-hybridized carbons (Fsp3) is 0.571. The Morgan fingerprint density at radius 1 is 1.22 bits per heavy atom. The third-order valence-corrected chi connectivity index (χ3v) is 3.10. The summed E-state index contributed by atoms with van der Waals surface area (Å²) < 4.78 is 13.2. The monoisotopic (exact) mass is 272 g/mol. The number of rotatable bonds is 7. The number of hydrogen-bond acceptors (Lipinski definition) is 2. The van der Waals surface area contributed by atoms with Gasteiger partial charge in [-0.1, -0.05) is 37.6 Å². The predicted octanol–water partition coefficient (Wildman–Crippen LogP) is 3.20. The third kappa shape index (κ3) is 5.34. The highest BCUT2D eigenvalue weighted by atomic mass is 35.5. The summed E-state index contributed by atoms with van der Waals surface area (Å²) in [7, 11) is 0. The molecule has 0 heterocycles. The van der Waals surface area contributed by atoms with Crippen molar-refractivity contribution in [2.45, 2.75) is 33.4 Å². The molecule has 0 fully saturated rings. The van der Waals surface area contributed by atoms with E-state index in [9.17, 15) is 4.39 Å². The van der Waals surface area contributed by atoms with E-state index in [1.54, 1.807) is 6.07 Å². The normalized spacial score (nSPS) is 13.0. The highest BCUT2D eigenvalue weighted by Crippen LogP contribution is 2.19. The molecule has 18 heavy (non-hydrogen) atoms. The van der Waals surface area contributed by atoms with Gasteiger partial charge in [-0.25, -0.2) is 4.39 Å². The van der Waals surface area contributed by atoms with Gasteiger partial charge < -0.3 is 10.6 Å². The maximum absolute atomic E-state index is 13.2. The van der Waals surface area contributed by atoms with Crippen molar-refractivity contribution in [2.75, 3.05) is 13.1 Å². The Morgan fingerprint density at radius 2 is 1.94 bits per heavy atom. The molecular weight excluding hydrogens is 251 g/mol. The van der Waals surface area contributed by atoms with Crippen LogP contribution in [0.1, 0.15) is 26.3 Å². The van der Waals surface area contributed by atoms with E-state index in [0.29, 0.717) is 18.5 Å². The van der Waals surface area contributed by atoms with Crippen molar-refractivity contribution in [3.63, 3.8) is 0 Å². The number of benzene rings is 1. The average Bonchev–Trinajstić information content (AvgIpc) is 2.30. The summed E-state index contributed by atoms with van der Waals surface area (Å²) in [6.07, 6.45) is 0. The molecule has 0 aromatic heterocycles. The summed E-state index contributed by atoms with van der Waals surface area (Å²) in [5, 5.41) is 6.92. The van der Waals surface area contributed by atoms with Gasteiger partial charge in [-0.2, -0.15) is 0 Å². The number of nitrogens with one attached hydrogen (secondary N) is 2. The molecule has 0 bridgehead atoms. The van der Waals surface area contributed by atoms with Crippen molar-refractivity contribution < 1.29 is 4.39 Å². The molecule has 102 valence electrons. The molecule has 1 aromatic rings. The summed E-state index contributed by atoms with van der Waals surface area (Å²) in [5.41, 5.74) is 0.798. The zero-order valence-corrected chi connectivity index (χ0v) is 12.0. The van der Waals surface area contributed by atoms with E-state index in [4.69, 9.17) is 11.6 Å². The number of halogens is 2. The van der Waals surface area contributed by atoms with Gasteiger partial charge in [0.15, 0.2) is 0 Å². The Kier molecular flexibility index (Phi) is 6.61. The summed E-state index contributed by atoms with van der Waals surface area (Å²) in [4.78, 5) is 0. The Morgan fingerprint density at radius 3 is 2.61 bits per heavy atom. The molecule has 1 unspecified atom stereocenters. The van der Waals surface area contributed by atoms with Gasteiger partial charge in [-0.05, 0) is 31.0 Å². The first-order chi connectivity index (χ1) is 8.50. The second kappa shape index (κ2) is 7.72. The van der Waals surface area contributed by atoms with Gasteiger partial charge in [-0.15, -0.1) is 0 Å². The van der Waals surface area contributed by atoms with Crippen LogP contribution in [0.3, 0.4) is 0 Å². The van der Waals surface area contributed by atoms with Crippen molar-refractivity contribution in [3.8, 4) is 0 Å². The molecule has 1 aromatic carbocycles. The van der Waals surface area contributed by atoms with Crippen LogP contribution < -0.4 is 10.6 Å². The second-order valence-electron chi connectivity index (χ2n) is 5.05. The molecule has 0 radical (unpaired) electrons. The first kappa shape index (κ1) is 15.4. The summed E-state index contributed by atoms with van der Waals surface area (Å²) in [6, 6.07) is 5.22. The minimum absolute atomic E-state index is 0.215. The van der Waals surface area contributed by atoms with Crippen molar-refractivity contribution in [2.24, 2.45) is 5.92 Å². The molecule has 2 nitrogen and oxygen atoms in total. The van der Waals surface area contributed by atoms with Crippen LogP contribution in [0.5, 0.6) is 0 Å². The van der Waals surface area contributed by atoms with Crippen LogP contribution in [0.25, 0.3) is 0 Å². The predicted molar refractivity (Wildman–Crippen MR) is 75.4 cm³/mol. The van der Waals surface area contributed by atoms with Gasteiger partial charge in [0, 0.05) is 19.1 Å². The highest BCUT2D eigenvalue weighted by Gasteiger charge is 2.07. The Bertz CT molecular complexity index is 369. The lowest BCUT2D eigenvalue weighted by Gasteiger charge is -2.16. The maximum Gasteiger partial charge on any atom is 0.142 e. The Hall–Kier alpha value is -0.640. The van der Waals surface area contributed by atoms with Gasteiger partial charge >= 0.3 is 0 Å². The first-order valence-corrected chi connectivity index (χ1v) is 6.75. The topological polar surface area (TPSA) is 24.1 Å². The van der Waals surface area contributed by atoms with E-state index >= 15 is 0 Å². The van der Waals surface area contributed by atoms with Crippen LogP contribution in [0, 0.1) is 11.7 Å². The summed E-state index contributed by atoms with van der Waals surface area (Å²) in [5.74, 6) is 0.288. The first-order valence-electron chi connectivity index (χ1n) is 6.37. The molecule has 0 aliphatic carbocycles. The summed E-state index contributed by atoms with van der Waals surface area (Å²) >= 11 is 5.89. The molecule has 1 atom stereocenters. The molecule has 4 heteroatoms. The van der Waals surface area contributed by atoms with E-state index in [1.807, 2.05) is 6.07 Å². The molecule has 0 spiro atoms. The lowest BCUT2D eigenvalue weighted by molar-refractivity contribution is 0.471. The van der Waals surface area contributed by atoms with E-state index in [0.717, 1.165) is 18.7 Å². The molecule has 1 rings (SSSR count). The average molecular weight is 273 g/mol. The van der Waals surface area contributed by atoms with E-state index in [1.165, 1.54) is 6.07 Å². The zero-order valence-electron chi connectivity index (χ0n) is 11.3. The minimum atomic E-state index is -0.360. The fourth-order valence-corrected chi connectivity index (χ4v) is 1.82. The van der Waals surface area contributed by atoms with Gasteiger partial charge in [0.1, 0.15) is 5.82 Å². The molecule has 0 amide bonds. The molecule has 0 saturated carbocycles. The van der Waals surface area contributed by atoms with Crippen molar-refractivity contribution in [3.05, 3.63) is 34.6 Å². The van der Waals surface area contributed by atoms with Gasteiger partial charge in [-0.3, -0.25) is 0 Å². The van der Waals surface area contributed by atoms with Crippen LogP contribution in [0.4, 0.5) is 4.39 Å². The van der Waals surface area contributed by atoms with Crippen LogP contribution >= 0.6 is 11.6 Å². The number of hydrogen-bond donors (Lipinski definition) is 2. The largest absolute Gasteiger partial charge is 0.315 e. The standard InChI is InChI=1S/C14H22ClFN2/c1-10(2)7-17-8-11(3)18-9-12-5-4-6-13(16)14(12)15/h4-6,10-11,17-18H,7-9H2,1-3H3. The quantitative estimate of drug-likeness (QED) is 0.797. The Labute approximate surface area is 114 Å². The zero-order chi connectivity index (χ0) is 13.5. The third-order valence-electron chi connectivity index (χ3n) is 2.68. The smallest absolute Gasteiger partial charge is 0.142 e. The van der Waals surface area contributed by atoms with Crippen LogP contribution in [-0.4, -0.2) is 19.1 Å². The van der Waals surface area contributed by atoms with E-state index < -0.39 is 0 Å². The highest BCUT2D eigenvalue weighted by molar-refractivity contribution is 6.31. The maximum atomic E-state index is 13.2. The lowest BCUT2D eigenvalue weighted by atomic mass is 10.2. The Balaban J connectivity index is 2.33. The van der Waals surface area contributed by atoms with Crippen molar-refractivity contribution in [1.29, 1.82) is 0 Å². The van der Waals surface area contributed by atoms with Crippen LogP contribution in [0.2, 0.25) is 5.02 Å². The molecule has 0 aliphatic rings. The van der Waals surface area contributed by atoms with Crippen molar-refractivity contribution in [1.82, 2.24) is 10.6 Å². The second-order valence-corrected chi connectivity index (χ2v) is 5.42. The molecular formula is C14H22ClFN2. The van der Waals surface area contributed by atoms with Gasteiger partial charge in [0.2, 0.25) is 0 Å². The van der Waals surface area contributed by atoms with E-state index in [2.05, 4.69) is 31.4 Å². The van der Waals surface area contributed by atoms with Gasteiger partial charge in [0.25, 0.3) is 0 Å². The molecule has 0 saturated heterocycles. The summed E-state index contributed by atoms with van der Waals surface area (Å²) in [6.45, 7) is 8.94.